The van der Waals surface area contributed by atoms with Crippen LogP contribution in [0.15, 0.2) is 40.6 Å². The molecule has 1 heterocycles. The third-order valence-electron chi connectivity index (χ3n) is 2.68. The summed E-state index contributed by atoms with van der Waals surface area (Å²) in [5.74, 6) is 4.07. The number of hydrogen-bond acceptors (Lipinski definition) is 6. The number of benzene rings is 1. The molecule has 5 nitrogen and oxygen atoms in total. The molecule has 1 aromatic carbocycles. The third-order valence-corrected chi connectivity index (χ3v) is 3.36. The van der Waals surface area contributed by atoms with Crippen molar-refractivity contribution in [1.29, 1.82) is 5.26 Å². The molecule has 2 aromatic rings. The zero-order valence-electron chi connectivity index (χ0n) is 11.8. The van der Waals surface area contributed by atoms with Crippen LogP contribution in [0.4, 0.5) is 0 Å². The van der Waals surface area contributed by atoms with Crippen LogP contribution in [0.3, 0.4) is 0 Å². The lowest BCUT2D eigenvalue weighted by atomic mass is 10.1. The van der Waals surface area contributed by atoms with Gasteiger partial charge in [-0.2, -0.15) is 16.6 Å². The fraction of sp³-hybridized carbons (Fsp3) is 0.0588. The minimum atomic E-state index is -0.806. The predicted molar refractivity (Wildman–Crippen MR) is 85.5 cm³/mol. The Kier molecular flexibility index (Phi) is 5.40. The van der Waals surface area contributed by atoms with E-state index in [9.17, 15) is 15.0 Å². The number of ether oxygens (including phenoxy) is 1. The fourth-order valence-electron chi connectivity index (χ4n) is 1.59. The first-order valence-corrected chi connectivity index (χ1v) is 7.36. The van der Waals surface area contributed by atoms with Crippen LogP contribution in [0.25, 0.3) is 6.08 Å². The molecule has 0 fully saturated rings. The Hall–Kier alpha value is -3.22. The van der Waals surface area contributed by atoms with Crippen molar-refractivity contribution in [1.82, 2.24) is 0 Å². The maximum Gasteiger partial charge on any atom is 0.349 e. The molecule has 2 rings (SSSR count). The third kappa shape index (κ3) is 4.63. The van der Waals surface area contributed by atoms with E-state index in [-0.39, 0.29) is 23.7 Å². The zero-order chi connectivity index (χ0) is 16.7. The molecule has 23 heavy (non-hydrogen) atoms. The van der Waals surface area contributed by atoms with Crippen LogP contribution in [0, 0.1) is 23.2 Å². The summed E-state index contributed by atoms with van der Waals surface area (Å²) in [6, 6.07) is 7.52. The Morgan fingerprint density at radius 3 is 2.78 bits per heavy atom. The SMILES string of the molecule is N#C/C(=C\c1ccc(O)c(O)c1)C(=O)OCC#Cc1ccsc1. The van der Waals surface area contributed by atoms with Gasteiger partial charge in [0, 0.05) is 10.9 Å². The van der Waals surface area contributed by atoms with Crippen molar-refractivity contribution in [3.63, 3.8) is 0 Å². The second-order valence-electron chi connectivity index (χ2n) is 4.31. The van der Waals surface area contributed by atoms with Gasteiger partial charge in [-0.25, -0.2) is 4.79 Å². The minimum Gasteiger partial charge on any atom is -0.504 e. The molecule has 6 heteroatoms. The quantitative estimate of drug-likeness (QED) is 0.298. The molecule has 0 unspecified atom stereocenters. The van der Waals surface area contributed by atoms with E-state index >= 15 is 0 Å². The van der Waals surface area contributed by atoms with Gasteiger partial charge in [0.05, 0.1) is 0 Å². The number of nitrogens with zero attached hydrogens (tertiary/aromatic N) is 1. The summed E-state index contributed by atoms with van der Waals surface area (Å²) in [6.45, 7) is -0.130. The van der Waals surface area contributed by atoms with E-state index in [2.05, 4.69) is 11.8 Å². The molecule has 0 spiro atoms. The van der Waals surface area contributed by atoms with Crippen molar-refractivity contribution in [2.75, 3.05) is 6.61 Å². The lowest BCUT2D eigenvalue weighted by Gasteiger charge is -2.01. The van der Waals surface area contributed by atoms with Crippen molar-refractivity contribution in [2.45, 2.75) is 0 Å². The maximum absolute atomic E-state index is 11.8. The van der Waals surface area contributed by atoms with Gasteiger partial charge in [-0.15, -0.1) is 0 Å². The Bertz CT molecular complexity index is 836. The molecule has 2 N–H and O–H groups in total. The van der Waals surface area contributed by atoms with Crippen molar-refractivity contribution < 1.29 is 19.7 Å². The van der Waals surface area contributed by atoms with Crippen LogP contribution in [0.5, 0.6) is 11.5 Å². The number of thiophene rings is 1. The molecular formula is C17H11NO4S. The van der Waals surface area contributed by atoms with Crippen LogP contribution in [0.1, 0.15) is 11.1 Å². The standard InChI is InChI=1S/C17H11NO4S/c18-10-14(8-13-3-4-15(19)16(20)9-13)17(21)22-6-1-2-12-5-7-23-11-12/h3-5,7-9,11,19-20H,6H2/b14-8+. The molecule has 114 valence electrons. The topological polar surface area (TPSA) is 90.5 Å². The second-order valence-corrected chi connectivity index (χ2v) is 5.09. The van der Waals surface area contributed by atoms with Crippen LogP contribution in [0.2, 0.25) is 0 Å². The van der Waals surface area contributed by atoms with Crippen LogP contribution < -0.4 is 0 Å². The number of phenols is 2. The summed E-state index contributed by atoms with van der Waals surface area (Å²) in [7, 11) is 0. The maximum atomic E-state index is 11.8. The molecule has 0 aliphatic rings. The molecule has 0 saturated carbocycles. The van der Waals surface area contributed by atoms with Gasteiger partial charge in [-0.1, -0.05) is 17.9 Å². The number of nitriles is 1. The van der Waals surface area contributed by atoms with Crippen LogP contribution >= 0.6 is 11.3 Å². The van der Waals surface area contributed by atoms with E-state index in [4.69, 9.17) is 10.00 Å². The van der Waals surface area contributed by atoms with Crippen molar-refractivity contribution in [3.8, 4) is 29.4 Å². The number of carbonyl (C=O) groups is 1. The number of esters is 1. The largest absolute Gasteiger partial charge is 0.504 e. The molecule has 0 aliphatic heterocycles. The normalized spacial score (nSPS) is 10.3. The summed E-state index contributed by atoms with van der Waals surface area (Å²) in [5.41, 5.74) is 0.993. The van der Waals surface area contributed by atoms with Gasteiger partial charge in [0.2, 0.25) is 0 Å². The van der Waals surface area contributed by atoms with E-state index in [1.807, 2.05) is 16.8 Å². The molecule has 0 saturated heterocycles. The molecule has 0 aliphatic carbocycles. The molecular weight excluding hydrogens is 314 g/mol. The highest BCUT2D eigenvalue weighted by Crippen LogP contribution is 2.25. The molecule has 0 radical (unpaired) electrons. The number of rotatable bonds is 3. The average molecular weight is 325 g/mol. The molecule has 1 aromatic heterocycles. The number of carbonyl (C=O) groups excluding carboxylic acids is 1. The lowest BCUT2D eigenvalue weighted by molar-refractivity contribution is -0.137. The summed E-state index contributed by atoms with van der Waals surface area (Å²) >= 11 is 1.52. The highest BCUT2D eigenvalue weighted by atomic mass is 32.1. The minimum absolute atomic E-state index is 0.130. The molecule has 0 atom stereocenters. The van der Waals surface area contributed by atoms with Gasteiger partial charge in [0.1, 0.15) is 11.6 Å². The van der Waals surface area contributed by atoms with E-state index in [0.717, 1.165) is 5.56 Å². The van der Waals surface area contributed by atoms with Crippen molar-refractivity contribution in [3.05, 3.63) is 51.7 Å². The Balaban J connectivity index is 2.02. The van der Waals surface area contributed by atoms with Gasteiger partial charge in [-0.3, -0.25) is 0 Å². The molecule has 0 bridgehead atoms. The second kappa shape index (κ2) is 7.69. The fourth-order valence-corrected chi connectivity index (χ4v) is 2.17. The Morgan fingerprint density at radius 2 is 2.13 bits per heavy atom. The van der Waals surface area contributed by atoms with Crippen molar-refractivity contribution >= 4 is 23.4 Å². The first-order valence-electron chi connectivity index (χ1n) is 6.42. The van der Waals surface area contributed by atoms with Gasteiger partial charge < -0.3 is 14.9 Å². The number of phenolic OH excluding ortho intramolecular Hbond substituents is 2. The lowest BCUT2D eigenvalue weighted by Crippen LogP contribution is -2.06. The molecule has 0 amide bonds. The average Bonchev–Trinajstić information content (AvgIpc) is 3.05. The van der Waals surface area contributed by atoms with E-state index in [1.165, 1.54) is 35.6 Å². The van der Waals surface area contributed by atoms with Crippen molar-refractivity contribution in [2.24, 2.45) is 0 Å². The summed E-state index contributed by atoms with van der Waals surface area (Å²) in [5, 5.41) is 31.4. The predicted octanol–water partition coefficient (Wildman–Crippen LogP) is 2.66. The monoisotopic (exact) mass is 325 g/mol. The summed E-state index contributed by atoms with van der Waals surface area (Å²) < 4.78 is 4.91. The summed E-state index contributed by atoms with van der Waals surface area (Å²) in [4.78, 5) is 11.8. The highest BCUT2D eigenvalue weighted by molar-refractivity contribution is 7.08. The van der Waals surface area contributed by atoms with Gasteiger partial charge in [0.25, 0.3) is 0 Å². The van der Waals surface area contributed by atoms with Gasteiger partial charge in [-0.05, 0) is 35.2 Å². The van der Waals surface area contributed by atoms with E-state index in [1.54, 1.807) is 6.07 Å². The van der Waals surface area contributed by atoms with E-state index < -0.39 is 5.97 Å². The van der Waals surface area contributed by atoms with Crippen LogP contribution in [-0.4, -0.2) is 22.8 Å². The number of hydrogen-bond donors (Lipinski definition) is 2. The first-order chi connectivity index (χ1) is 11.1. The van der Waals surface area contributed by atoms with E-state index in [0.29, 0.717) is 5.56 Å². The Morgan fingerprint density at radius 1 is 1.30 bits per heavy atom. The highest BCUT2D eigenvalue weighted by Gasteiger charge is 2.10. The zero-order valence-corrected chi connectivity index (χ0v) is 12.6. The first kappa shape index (κ1) is 16.2. The van der Waals surface area contributed by atoms with Gasteiger partial charge in [0.15, 0.2) is 18.1 Å². The smallest absolute Gasteiger partial charge is 0.349 e. The number of aromatic hydroxyl groups is 2. The van der Waals surface area contributed by atoms with Gasteiger partial charge >= 0.3 is 5.97 Å². The summed E-state index contributed by atoms with van der Waals surface area (Å²) in [6.07, 6.45) is 1.26. The van der Waals surface area contributed by atoms with Crippen LogP contribution in [-0.2, 0) is 9.53 Å². The Labute approximate surface area is 136 Å².